The molecule has 266 valence electrons. The third-order valence-electron chi connectivity index (χ3n) is 9.65. The summed E-state index contributed by atoms with van der Waals surface area (Å²) in [5.74, 6) is -3.14. The van der Waals surface area contributed by atoms with Crippen LogP contribution in [0.4, 0.5) is 0 Å². The van der Waals surface area contributed by atoms with Gasteiger partial charge in [0.25, 0.3) is 0 Å². The van der Waals surface area contributed by atoms with Gasteiger partial charge in [-0.3, -0.25) is 14.4 Å². The summed E-state index contributed by atoms with van der Waals surface area (Å²) in [7, 11) is 1.33. The van der Waals surface area contributed by atoms with E-state index in [0.717, 1.165) is 25.7 Å². The van der Waals surface area contributed by atoms with Crippen molar-refractivity contribution in [2.45, 2.75) is 108 Å². The Morgan fingerprint density at radius 3 is 2.49 bits per heavy atom. The molecule has 1 aliphatic heterocycles. The van der Waals surface area contributed by atoms with Crippen molar-refractivity contribution in [2.24, 2.45) is 10.8 Å². The number of fused-ring (bicyclic) bond motifs is 3. The van der Waals surface area contributed by atoms with Crippen molar-refractivity contribution in [2.75, 3.05) is 13.7 Å². The Bertz CT molecular complexity index is 1630. The molecule has 0 spiro atoms. The van der Waals surface area contributed by atoms with E-state index in [1.165, 1.54) is 25.3 Å². The number of ether oxygens (including phenoxy) is 3. The maximum atomic E-state index is 13.9. The number of rotatable bonds is 12. The van der Waals surface area contributed by atoms with E-state index in [2.05, 4.69) is 17.5 Å². The summed E-state index contributed by atoms with van der Waals surface area (Å²) in [4.78, 5) is 40.3. The first kappa shape index (κ1) is 36.4. The monoisotopic (exact) mass is 683 g/mol. The van der Waals surface area contributed by atoms with Gasteiger partial charge >= 0.3 is 0 Å². The number of nitrogens with two attached hydrogens (primary N) is 1. The van der Waals surface area contributed by atoms with Crippen LogP contribution in [-0.4, -0.2) is 92.6 Å². The maximum absolute atomic E-state index is 13.9. The van der Waals surface area contributed by atoms with Crippen LogP contribution in [0, 0.1) is 0 Å². The SMILES string of the molecule is CCCCCCCC(=O)N/N=C(/CO)[C@]1(O)Cc2c(O)c3c(c(O)c2[C@H](O[C@@H]2C[C@H](N)[C@H](O)[C@H](C)O2)C1)C(=O)c1c(OC)cccc1C3=O. The number of unbranched alkanes of at least 4 members (excludes halogenated alkanes) is 4. The van der Waals surface area contributed by atoms with E-state index in [-0.39, 0.29) is 53.0 Å². The Balaban J connectivity index is 1.57. The lowest BCUT2D eigenvalue weighted by Gasteiger charge is -2.43. The molecule has 0 aromatic heterocycles. The van der Waals surface area contributed by atoms with Gasteiger partial charge in [-0.25, -0.2) is 5.43 Å². The average molecular weight is 684 g/mol. The number of benzene rings is 2. The first-order valence-corrected chi connectivity index (χ1v) is 16.7. The molecule has 8 N–H and O–H groups in total. The fraction of sp³-hybridized carbons (Fsp3) is 0.543. The van der Waals surface area contributed by atoms with E-state index >= 15 is 0 Å². The smallest absolute Gasteiger partial charge is 0.240 e. The number of phenols is 2. The molecule has 2 aromatic carbocycles. The first-order valence-electron chi connectivity index (χ1n) is 16.7. The number of carbonyl (C=O) groups is 3. The van der Waals surface area contributed by atoms with E-state index < -0.39 is 89.4 Å². The third kappa shape index (κ3) is 6.94. The molecule has 1 heterocycles. The van der Waals surface area contributed by atoms with E-state index in [9.17, 15) is 39.9 Å². The number of nitrogens with one attached hydrogen (secondary N) is 1. The summed E-state index contributed by atoms with van der Waals surface area (Å²) in [6, 6.07) is 3.68. The molecule has 5 rings (SSSR count). The zero-order valence-electron chi connectivity index (χ0n) is 27.9. The van der Waals surface area contributed by atoms with E-state index in [4.69, 9.17) is 19.9 Å². The lowest BCUT2D eigenvalue weighted by molar-refractivity contribution is -0.245. The molecule has 6 atom stereocenters. The molecule has 0 unspecified atom stereocenters. The zero-order valence-corrected chi connectivity index (χ0v) is 27.9. The van der Waals surface area contributed by atoms with Gasteiger partial charge in [-0.1, -0.05) is 44.7 Å². The number of aliphatic hydroxyl groups is 3. The van der Waals surface area contributed by atoms with Crippen molar-refractivity contribution in [3.63, 3.8) is 0 Å². The summed E-state index contributed by atoms with van der Waals surface area (Å²) in [6.07, 6.45) is -0.138. The minimum Gasteiger partial charge on any atom is -0.507 e. The summed E-state index contributed by atoms with van der Waals surface area (Å²) < 4.78 is 17.4. The van der Waals surface area contributed by atoms with Crippen LogP contribution < -0.4 is 15.9 Å². The maximum Gasteiger partial charge on any atom is 0.240 e. The number of hydrogen-bond donors (Lipinski definition) is 7. The van der Waals surface area contributed by atoms with Crippen molar-refractivity contribution < 1.29 is 54.1 Å². The van der Waals surface area contributed by atoms with Gasteiger partial charge in [-0.2, -0.15) is 5.10 Å². The number of amides is 1. The molecule has 0 saturated carbocycles. The highest BCUT2D eigenvalue weighted by Crippen LogP contribution is 2.52. The number of ketones is 2. The highest BCUT2D eigenvalue weighted by atomic mass is 16.7. The van der Waals surface area contributed by atoms with E-state index in [0.29, 0.717) is 6.42 Å². The number of carbonyl (C=O) groups excluding carboxylic acids is 3. The molecular weight excluding hydrogens is 638 g/mol. The molecule has 1 saturated heterocycles. The number of aliphatic hydroxyl groups excluding tert-OH is 2. The number of hydrazone groups is 1. The lowest BCUT2D eigenvalue weighted by Crippen LogP contribution is -2.53. The summed E-state index contributed by atoms with van der Waals surface area (Å²) in [6.45, 7) is 2.89. The van der Waals surface area contributed by atoms with Gasteiger partial charge in [-0.05, 0) is 19.4 Å². The largest absolute Gasteiger partial charge is 0.507 e. The standard InChI is InChI=1S/C35H45N3O11/c1-4-5-6-7-8-12-24(40)38-37-23(16-39)35(46)14-19-27(22(15-35)49-25-13-20(36)30(41)17(2)48-25)34(45)29-28(32(19)43)31(42)18-10-9-11-21(47-3)26(18)33(29)44/h9-11,17,20,22,25,30,39,41,43,45-46H,4-8,12-16,36H2,1-3H3,(H,38,40)/b37-23-/t17-,20-,22+,25+,30+,35-/m0/s1. The molecule has 0 radical (unpaired) electrons. The normalized spacial score (nSPS) is 26.5. The van der Waals surface area contributed by atoms with Crippen molar-refractivity contribution in [1.82, 2.24) is 5.43 Å². The Morgan fingerprint density at radius 1 is 1.10 bits per heavy atom. The Kier molecular flexibility index (Phi) is 11.1. The van der Waals surface area contributed by atoms with Crippen LogP contribution in [0.15, 0.2) is 23.3 Å². The van der Waals surface area contributed by atoms with Crippen molar-refractivity contribution in [3.8, 4) is 17.2 Å². The van der Waals surface area contributed by atoms with Crippen molar-refractivity contribution >= 4 is 23.2 Å². The van der Waals surface area contributed by atoms with Crippen LogP contribution in [0.3, 0.4) is 0 Å². The number of hydrogen-bond acceptors (Lipinski definition) is 13. The second kappa shape index (κ2) is 14.9. The van der Waals surface area contributed by atoms with E-state index in [1.807, 2.05) is 0 Å². The van der Waals surface area contributed by atoms with Gasteiger partial charge in [0.1, 0.15) is 22.8 Å². The minimum absolute atomic E-state index is 0.0186. The molecule has 2 aromatic rings. The van der Waals surface area contributed by atoms with Gasteiger partial charge in [-0.15, -0.1) is 0 Å². The fourth-order valence-corrected chi connectivity index (χ4v) is 6.97. The highest BCUT2D eigenvalue weighted by molar-refractivity contribution is 6.31. The summed E-state index contributed by atoms with van der Waals surface area (Å²) in [5.41, 5.74) is 4.93. The van der Waals surface area contributed by atoms with Crippen LogP contribution in [-0.2, 0) is 20.7 Å². The van der Waals surface area contributed by atoms with Gasteiger partial charge in [0.2, 0.25) is 11.7 Å². The zero-order chi connectivity index (χ0) is 35.6. The summed E-state index contributed by atoms with van der Waals surface area (Å²) >= 11 is 0. The van der Waals surface area contributed by atoms with Crippen molar-refractivity contribution in [3.05, 3.63) is 51.6 Å². The molecule has 1 fully saturated rings. The minimum atomic E-state index is -2.08. The van der Waals surface area contributed by atoms with Crippen molar-refractivity contribution in [1.29, 1.82) is 0 Å². The fourth-order valence-electron chi connectivity index (χ4n) is 6.97. The second-order valence-electron chi connectivity index (χ2n) is 13.0. The van der Waals surface area contributed by atoms with Crippen LogP contribution >= 0.6 is 0 Å². The molecule has 1 amide bonds. The van der Waals surface area contributed by atoms with Crippen LogP contribution in [0.1, 0.15) is 114 Å². The van der Waals surface area contributed by atoms with Crippen LogP contribution in [0.25, 0.3) is 0 Å². The topological polar surface area (TPSA) is 230 Å². The van der Waals surface area contributed by atoms with E-state index in [1.54, 1.807) is 6.92 Å². The summed E-state index contributed by atoms with van der Waals surface area (Å²) in [5, 5.41) is 60.3. The second-order valence-corrected chi connectivity index (χ2v) is 13.0. The number of methoxy groups -OCH3 is 1. The Morgan fingerprint density at radius 2 is 1.82 bits per heavy atom. The van der Waals surface area contributed by atoms with Gasteiger partial charge < -0.3 is 45.5 Å². The number of phenolic OH excluding ortho intramolecular Hbond substituents is 2. The van der Waals surface area contributed by atoms with Crippen LogP contribution in [0.5, 0.6) is 17.2 Å². The molecule has 0 bridgehead atoms. The predicted molar refractivity (Wildman–Crippen MR) is 176 cm³/mol. The molecule has 49 heavy (non-hydrogen) atoms. The molecular formula is C35H45N3O11. The quantitative estimate of drug-likeness (QED) is 0.0631. The van der Waals surface area contributed by atoms with Crippen LogP contribution in [0.2, 0.25) is 0 Å². The molecule has 3 aliphatic rings. The van der Waals surface area contributed by atoms with Gasteiger partial charge in [0.15, 0.2) is 12.1 Å². The Hall–Kier alpha value is -3.92. The molecule has 14 nitrogen and oxygen atoms in total. The third-order valence-corrected chi connectivity index (χ3v) is 9.65. The average Bonchev–Trinajstić information content (AvgIpc) is 3.07. The lowest BCUT2D eigenvalue weighted by atomic mass is 9.71. The first-order chi connectivity index (χ1) is 23.4. The number of nitrogens with zero attached hydrogens (tertiary/aromatic N) is 1. The predicted octanol–water partition coefficient (Wildman–Crippen LogP) is 2.26. The molecule has 2 aliphatic carbocycles. The van der Waals surface area contributed by atoms with Gasteiger partial charge in [0.05, 0.1) is 54.4 Å². The highest BCUT2D eigenvalue weighted by Gasteiger charge is 2.49. The number of aromatic hydroxyl groups is 2. The molecule has 14 heteroatoms. The Labute approximate surface area is 283 Å². The van der Waals surface area contributed by atoms with Gasteiger partial charge in [0, 0.05) is 48.4 Å².